The standard InChI is InChI=1S/C16H16N2O2S/c19-10-14-15(11-5-6-11)17-16(21-14)18-7-8-20-13-4-2-1-3-12(13)9-18/h1-4,10-11H,5-9H2. The van der Waals surface area contributed by atoms with E-state index in [0.717, 1.165) is 53.7 Å². The van der Waals surface area contributed by atoms with Crippen LogP contribution in [0.4, 0.5) is 5.13 Å². The summed E-state index contributed by atoms with van der Waals surface area (Å²) in [6.07, 6.45) is 3.28. The molecule has 0 spiro atoms. The van der Waals surface area contributed by atoms with Crippen molar-refractivity contribution in [2.24, 2.45) is 0 Å². The van der Waals surface area contributed by atoms with Gasteiger partial charge in [-0.2, -0.15) is 0 Å². The number of ether oxygens (including phenoxy) is 1. The largest absolute Gasteiger partial charge is 0.491 e. The van der Waals surface area contributed by atoms with Gasteiger partial charge in [-0.1, -0.05) is 29.5 Å². The third-order valence-corrected chi connectivity index (χ3v) is 5.02. The number of rotatable bonds is 3. The summed E-state index contributed by atoms with van der Waals surface area (Å²) in [4.78, 5) is 19.0. The van der Waals surface area contributed by atoms with E-state index < -0.39 is 0 Å². The number of aromatic nitrogens is 1. The van der Waals surface area contributed by atoms with E-state index in [1.54, 1.807) is 0 Å². The summed E-state index contributed by atoms with van der Waals surface area (Å²) in [5.41, 5.74) is 2.18. The Morgan fingerprint density at radius 1 is 1.33 bits per heavy atom. The lowest BCUT2D eigenvalue weighted by molar-refractivity contribution is 0.112. The van der Waals surface area contributed by atoms with Crippen LogP contribution >= 0.6 is 11.3 Å². The first-order valence-electron chi connectivity index (χ1n) is 7.26. The molecule has 2 aromatic rings. The minimum atomic E-state index is 0.505. The van der Waals surface area contributed by atoms with Crippen LogP contribution < -0.4 is 9.64 Å². The van der Waals surface area contributed by atoms with Gasteiger partial charge in [0.2, 0.25) is 0 Å². The van der Waals surface area contributed by atoms with E-state index in [0.29, 0.717) is 12.5 Å². The van der Waals surface area contributed by atoms with Crippen molar-refractivity contribution < 1.29 is 9.53 Å². The monoisotopic (exact) mass is 300 g/mol. The average molecular weight is 300 g/mol. The number of anilines is 1. The molecule has 2 aliphatic rings. The predicted molar refractivity (Wildman–Crippen MR) is 82.5 cm³/mol. The quantitative estimate of drug-likeness (QED) is 0.816. The summed E-state index contributed by atoms with van der Waals surface area (Å²) < 4.78 is 5.79. The number of carbonyl (C=O) groups is 1. The Morgan fingerprint density at radius 2 is 2.19 bits per heavy atom. The van der Waals surface area contributed by atoms with Crippen LogP contribution in [0, 0.1) is 0 Å². The van der Waals surface area contributed by atoms with Gasteiger partial charge in [-0.3, -0.25) is 4.79 Å². The van der Waals surface area contributed by atoms with Gasteiger partial charge in [0.15, 0.2) is 11.4 Å². The number of benzene rings is 1. The van der Waals surface area contributed by atoms with Crippen LogP contribution in [0.5, 0.6) is 5.75 Å². The van der Waals surface area contributed by atoms with Crippen LogP contribution in [0.2, 0.25) is 0 Å². The van der Waals surface area contributed by atoms with Gasteiger partial charge in [0.1, 0.15) is 12.4 Å². The molecule has 5 heteroatoms. The number of para-hydroxylation sites is 1. The lowest BCUT2D eigenvalue weighted by atomic mass is 10.2. The molecule has 1 aliphatic carbocycles. The molecule has 0 amide bonds. The molecule has 1 saturated carbocycles. The van der Waals surface area contributed by atoms with Crippen LogP contribution in [0.15, 0.2) is 24.3 Å². The lowest BCUT2D eigenvalue weighted by Gasteiger charge is -2.18. The van der Waals surface area contributed by atoms with Crippen molar-refractivity contribution in [1.29, 1.82) is 0 Å². The van der Waals surface area contributed by atoms with Crippen molar-refractivity contribution in [3.8, 4) is 5.75 Å². The molecule has 108 valence electrons. The van der Waals surface area contributed by atoms with E-state index in [-0.39, 0.29) is 0 Å². The van der Waals surface area contributed by atoms with E-state index >= 15 is 0 Å². The van der Waals surface area contributed by atoms with Crippen LogP contribution in [0.1, 0.15) is 39.7 Å². The van der Waals surface area contributed by atoms with Gasteiger partial charge in [0.05, 0.1) is 17.1 Å². The Morgan fingerprint density at radius 3 is 3.00 bits per heavy atom. The summed E-state index contributed by atoms with van der Waals surface area (Å²) in [7, 11) is 0. The second-order valence-electron chi connectivity index (χ2n) is 5.52. The highest BCUT2D eigenvalue weighted by Crippen LogP contribution is 2.44. The maximum Gasteiger partial charge on any atom is 0.186 e. The third-order valence-electron chi connectivity index (χ3n) is 3.96. The molecule has 0 bridgehead atoms. The SMILES string of the molecule is O=Cc1sc(N2CCOc3ccccc3C2)nc1C1CC1. The zero-order chi connectivity index (χ0) is 14.2. The van der Waals surface area contributed by atoms with Gasteiger partial charge < -0.3 is 9.64 Å². The minimum Gasteiger partial charge on any atom is -0.491 e. The molecule has 1 aromatic carbocycles. The first-order valence-corrected chi connectivity index (χ1v) is 8.08. The van der Waals surface area contributed by atoms with Crippen molar-refractivity contribution in [2.45, 2.75) is 25.3 Å². The molecular weight excluding hydrogens is 284 g/mol. The zero-order valence-electron chi connectivity index (χ0n) is 11.6. The van der Waals surface area contributed by atoms with Crippen molar-refractivity contribution in [1.82, 2.24) is 4.98 Å². The van der Waals surface area contributed by atoms with Crippen LogP contribution in [0.3, 0.4) is 0 Å². The Balaban J connectivity index is 1.65. The Hall–Kier alpha value is -1.88. The number of carbonyl (C=O) groups excluding carboxylic acids is 1. The number of nitrogens with zero attached hydrogens (tertiary/aromatic N) is 2. The van der Waals surface area contributed by atoms with E-state index in [1.807, 2.05) is 18.2 Å². The lowest BCUT2D eigenvalue weighted by Crippen LogP contribution is -2.25. The van der Waals surface area contributed by atoms with Crippen LogP contribution in [0.25, 0.3) is 0 Å². The van der Waals surface area contributed by atoms with Crippen LogP contribution in [-0.2, 0) is 6.54 Å². The Bertz CT molecular complexity index is 679. The molecule has 2 heterocycles. The second kappa shape index (κ2) is 5.15. The molecule has 0 atom stereocenters. The number of thiazole rings is 1. The number of fused-ring (bicyclic) bond motifs is 1. The fourth-order valence-corrected chi connectivity index (χ4v) is 3.68. The van der Waals surface area contributed by atoms with E-state index in [2.05, 4.69) is 11.0 Å². The van der Waals surface area contributed by atoms with Crippen LogP contribution in [-0.4, -0.2) is 24.4 Å². The van der Waals surface area contributed by atoms with Gasteiger partial charge in [0, 0.05) is 18.0 Å². The molecule has 0 saturated heterocycles. The molecule has 1 aromatic heterocycles. The number of aldehydes is 1. The molecule has 1 fully saturated rings. The Labute approximate surface area is 127 Å². The molecule has 4 rings (SSSR count). The van der Waals surface area contributed by atoms with E-state index in [1.165, 1.54) is 16.9 Å². The predicted octanol–water partition coefficient (Wildman–Crippen LogP) is 3.23. The number of hydrogen-bond donors (Lipinski definition) is 0. The second-order valence-corrected chi connectivity index (χ2v) is 6.52. The average Bonchev–Trinajstić information content (AvgIpc) is 3.30. The van der Waals surface area contributed by atoms with Crippen molar-refractivity contribution >= 4 is 22.8 Å². The van der Waals surface area contributed by atoms with Gasteiger partial charge in [-0.25, -0.2) is 4.98 Å². The zero-order valence-corrected chi connectivity index (χ0v) is 12.4. The smallest absolute Gasteiger partial charge is 0.186 e. The third kappa shape index (κ3) is 2.42. The highest BCUT2D eigenvalue weighted by Gasteiger charge is 2.30. The molecule has 0 radical (unpaired) electrons. The summed E-state index contributed by atoms with van der Waals surface area (Å²) in [6, 6.07) is 8.12. The maximum absolute atomic E-state index is 11.2. The van der Waals surface area contributed by atoms with Crippen molar-refractivity contribution in [3.05, 3.63) is 40.4 Å². The van der Waals surface area contributed by atoms with Gasteiger partial charge in [-0.05, 0) is 18.9 Å². The summed E-state index contributed by atoms with van der Waals surface area (Å²) in [5, 5.41) is 0.944. The molecular formula is C16H16N2O2S. The highest BCUT2D eigenvalue weighted by atomic mass is 32.1. The summed E-state index contributed by atoms with van der Waals surface area (Å²) in [6.45, 7) is 2.22. The number of hydrogen-bond acceptors (Lipinski definition) is 5. The minimum absolute atomic E-state index is 0.505. The molecule has 4 nitrogen and oxygen atoms in total. The van der Waals surface area contributed by atoms with Crippen molar-refractivity contribution in [2.75, 3.05) is 18.1 Å². The summed E-state index contributed by atoms with van der Waals surface area (Å²) in [5.74, 6) is 1.46. The first kappa shape index (κ1) is 12.8. The van der Waals surface area contributed by atoms with Gasteiger partial charge in [-0.15, -0.1) is 0 Å². The fourth-order valence-electron chi connectivity index (χ4n) is 2.69. The molecule has 0 unspecified atom stereocenters. The Kier molecular flexibility index (Phi) is 3.15. The first-order chi connectivity index (χ1) is 10.3. The molecule has 1 aliphatic heterocycles. The summed E-state index contributed by atoms with van der Waals surface area (Å²) >= 11 is 1.51. The van der Waals surface area contributed by atoms with E-state index in [9.17, 15) is 4.79 Å². The molecule has 21 heavy (non-hydrogen) atoms. The van der Waals surface area contributed by atoms with Crippen molar-refractivity contribution in [3.63, 3.8) is 0 Å². The van der Waals surface area contributed by atoms with E-state index in [4.69, 9.17) is 9.72 Å². The molecule has 0 N–H and O–H groups in total. The topological polar surface area (TPSA) is 42.4 Å². The maximum atomic E-state index is 11.2. The fraction of sp³-hybridized carbons (Fsp3) is 0.375. The highest BCUT2D eigenvalue weighted by molar-refractivity contribution is 7.17. The van der Waals surface area contributed by atoms with Gasteiger partial charge in [0.25, 0.3) is 0 Å². The van der Waals surface area contributed by atoms with Gasteiger partial charge >= 0.3 is 0 Å². The normalized spacial score (nSPS) is 17.8.